The normalized spacial score (nSPS) is 11.0. The van der Waals surface area contributed by atoms with Crippen molar-refractivity contribution in [1.29, 1.82) is 0 Å². The summed E-state index contributed by atoms with van der Waals surface area (Å²) in [5.41, 5.74) is 8.56. The van der Waals surface area contributed by atoms with Crippen LogP contribution in [-0.4, -0.2) is 0 Å². The summed E-state index contributed by atoms with van der Waals surface area (Å²) in [5.74, 6) is 0. The van der Waals surface area contributed by atoms with Crippen LogP contribution in [0.25, 0.3) is 12.2 Å². The number of thiophene rings is 1. The molecule has 0 aliphatic carbocycles. The van der Waals surface area contributed by atoms with Gasteiger partial charge in [-0.25, -0.2) is 0 Å². The Morgan fingerprint density at radius 3 is 1.85 bits per heavy atom. The third-order valence-electron chi connectivity index (χ3n) is 5.65. The average Bonchev–Trinajstić information content (AvgIpc) is 3.40. The van der Waals surface area contributed by atoms with E-state index in [0.29, 0.717) is 0 Å². The molecule has 0 fully saturated rings. The van der Waals surface area contributed by atoms with Crippen molar-refractivity contribution < 1.29 is 0 Å². The fraction of sp³-hybridized carbons (Fsp3) is 0.0323. The van der Waals surface area contributed by atoms with Crippen LogP contribution < -0.4 is 4.90 Å². The number of nitrogens with zero attached hydrogens (tertiary/aromatic N) is 1. The van der Waals surface area contributed by atoms with Gasteiger partial charge in [0, 0.05) is 17.1 Å². The quantitative estimate of drug-likeness (QED) is 0.243. The van der Waals surface area contributed by atoms with E-state index in [1.165, 1.54) is 22.3 Å². The number of hydrogen-bond donors (Lipinski definition) is 0. The minimum absolute atomic E-state index is 0.884. The molecule has 0 unspecified atom stereocenters. The van der Waals surface area contributed by atoms with Gasteiger partial charge in [-0.15, -0.1) is 0 Å². The Bertz CT molecular complexity index is 1270. The van der Waals surface area contributed by atoms with E-state index in [0.717, 1.165) is 23.5 Å². The fourth-order valence-electron chi connectivity index (χ4n) is 4.02. The van der Waals surface area contributed by atoms with Gasteiger partial charge in [0.15, 0.2) is 0 Å². The summed E-state index contributed by atoms with van der Waals surface area (Å²) < 4.78 is 0. The Labute approximate surface area is 199 Å². The number of para-hydroxylation sites is 2. The maximum absolute atomic E-state index is 2.33. The summed E-state index contributed by atoms with van der Waals surface area (Å²) in [5, 5.41) is 4.29. The summed E-state index contributed by atoms with van der Waals surface area (Å²) in [4.78, 5) is 2.32. The zero-order valence-electron chi connectivity index (χ0n) is 18.3. The molecule has 0 radical (unpaired) electrons. The van der Waals surface area contributed by atoms with E-state index in [9.17, 15) is 0 Å². The third kappa shape index (κ3) is 5.14. The van der Waals surface area contributed by atoms with Gasteiger partial charge in [0.25, 0.3) is 0 Å². The highest BCUT2D eigenvalue weighted by atomic mass is 32.1. The van der Waals surface area contributed by atoms with E-state index in [1.54, 1.807) is 11.3 Å². The van der Waals surface area contributed by atoms with Gasteiger partial charge in [-0.05, 0) is 81.9 Å². The van der Waals surface area contributed by atoms with Gasteiger partial charge in [0.1, 0.15) is 0 Å². The SMILES string of the molecule is C(=Cc1ccc(N(c2ccccc2)c2ccccc2)cc1Cc1ccccc1)c1ccsc1. The van der Waals surface area contributed by atoms with Crippen LogP contribution in [0, 0.1) is 0 Å². The molecule has 1 nitrogen and oxygen atoms in total. The van der Waals surface area contributed by atoms with Crippen LogP contribution in [0.4, 0.5) is 17.1 Å². The Balaban J connectivity index is 1.60. The molecule has 160 valence electrons. The van der Waals surface area contributed by atoms with Crippen molar-refractivity contribution in [2.45, 2.75) is 6.42 Å². The van der Waals surface area contributed by atoms with Crippen LogP contribution in [0.2, 0.25) is 0 Å². The summed E-state index contributed by atoms with van der Waals surface area (Å²) in [6, 6.07) is 40.8. The molecule has 0 spiro atoms. The lowest BCUT2D eigenvalue weighted by Gasteiger charge is -2.26. The summed E-state index contributed by atoms with van der Waals surface area (Å²) in [6.07, 6.45) is 5.32. The van der Waals surface area contributed by atoms with Crippen LogP contribution >= 0.6 is 11.3 Å². The number of rotatable bonds is 7. The fourth-order valence-corrected chi connectivity index (χ4v) is 4.65. The van der Waals surface area contributed by atoms with Gasteiger partial charge in [0.2, 0.25) is 0 Å². The van der Waals surface area contributed by atoms with Crippen molar-refractivity contribution in [2.75, 3.05) is 4.90 Å². The van der Waals surface area contributed by atoms with Gasteiger partial charge in [-0.2, -0.15) is 11.3 Å². The molecule has 0 saturated carbocycles. The second-order valence-electron chi connectivity index (χ2n) is 7.94. The molecule has 1 heterocycles. The molecule has 2 heteroatoms. The highest BCUT2D eigenvalue weighted by Crippen LogP contribution is 2.35. The van der Waals surface area contributed by atoms with E-state index < -0.39 is 0 Å². The zero-order chi connectivity index (χ0) is 22.3. The Morgan fingerprint density at radius 1 is 0.606 bits per heavy atom. The van der Waals surface area contributed by atoms with E-state index in [1.807, 2.05) is 0 Å². The summed E-state index contributed by atoms with van der Waals surface area (Å²) in [7, 11) is 0. The molecule has 0 aliphatic rings. The largest absolute Gasteiger partial charge is 0.310 e. The minimum atomic E-state index is 0.884. The van der Waals surface area contributed by atoms with E-state index >= 15 is 0 Å². The molecular weight excluding hydrogens is 418 g/mol. The van der Waals surface area contributed by atoms with Crippen molar-refractivity contribution in [3.05, 3.63) is 148 Å². The smallest absolute Gasteiger partial charge is 0.0464 e. The van der Waals surface area contributed by atoms with Gasteiger partial charge in [-0.3, -0.25) is 0 Å². The van der Waals surface area contributed by atoms with E-state index in [2.05, 4.69) is 143 Å². The molecule has 5 aromatic rings. The predicted octanol–water partition coefficient (Wildman–Crippen LogP) is 8.98. The van der Waals surface area contributed by atoms with Crippen LogP contribution in [0.3, 0.4) is 0 Å². The molecule has 0 aliphatic heterocycles. The van der Waals surface area contributed by atoms with Crippen molar-refractivity contribution in [3.8, 4) is 0 Å². The summed E-state index contributed by atoms with van der Waals surface area (Å²) >= 11 is 1.73. The highest BCUT2D eigenvalue weighted by Gasteiger charge is 2.14. The topological polar surface area (TPSA) is 3.24 Å². The van der Waals surface area contributed by atoms with Crippen LogP contribution in [0.5, 0.6) is 0 Å². The lowest BCUT2D eigenvalue weighted by Crippen LogP contribution is -2.10. The molecule has 0 bridgehead atoms. The lowest BCUT2D eigenvalue weighted by molar-refractivity contribution is 1.17. The van der Waals surface area contributed by atoms with Crippen LogP contribution in [0.1, 0.15) is 22.3 Å². The maximum Gasteiger partial charge on any atom is 0.0464 e. The standard InChI is InChI=1S/C31H25NS/c1-4-10-25(11-5-1)22-28-23-31(19-18-27(28)17-16-26-20-21-33-24-26)32(29-12-6-2-7-13-29)30-14-8-3-9-15-30/h1-21,23-24H,22H2. The number of anilines is 3. The second-order valence-corrected chi connectivity index (χ2v) is 8.72. The van der Waals surface area contributed by atoms with E-state index in [-0.39, 0.29) is 0 Å². The van der Waals surface area contributed by atoms with Crippen molar-refractivity contribution in [1.82, 2.24) is 0 Å². The third-order valence-corrected chi connectivity index (χ3v) is 6.35. The van der Waals surface area contributed by atoms with Gasteiger partial charge in [-0.1, -0.05) is 84.9 Å². The molecule has 0 amide bonds. The minimum Gasteiger partial charge on any atom is -0.310 e. The number of hydrogen-bond acceptors (Lipinski definition) is 2. The Kier molecular flexibility index (Phi) is 6.46. The molecule has 4 aromatic carbocycles. The highest BCUT2D eigenvalue weighted by molar-refractivity contribution is 7.08. The molecule has 0 saturated heterocycles. The van der Waals surface area contributed by atoms with Crippen molar-refractivity contribution in [2.24, 2.45) is 0 Å². The molecule has 5 rings (SSSR count). The number of benzene rings is 4. The molecule has 33 heavy (non-hydrogen) atoms. The van der Waals surface area contributed by atoms with Gasteiger partial charge in [0.05, 0.1) is 0 Å². The molecule has 0 N–H and O–H groups in total. The second kappa shape index (κ2) is 10.2. The van der Waals surface area contributed by atoms with Crippen LogP contribution in [0.15, 0.2) is 126 Å². The van der Waals surface area contributed by atoms with Gasteiger partial charge < -0.3 is 4.90 Å². The first-order valence-corrected chi connectivity index (χ1v) is 12.1. The first kappa shape index (κ1) is 21.0. The molecule has 1 aromatic heterocycles. The first-order valence-electron chi connectivity index (χ1n) is 11.1. The van der Waals surface area contributed by atoms with E-state index in [4.69, 9.17) is 0 Å². The van der Waals surface area contributed by atoms with Crippen molar-refractivity contribution >= 4 is 40.6 Å². The summed E-state index contributed by atoms with van der Waals surface area (Å²) in [6.45, 7) is 0. The zero-order valence-corrected chi connectivity index (χ0v) is 19.2. The monoisotopic (exact) mass is 443 g/mol. The molecule has 0 atom stereocenters. The maximum atomic E-state index is 2.33. The Morgan fingerprint density at radius 2 is 1.24 bits per heavy atom. The average molecular weight is 444 g/mol. The predicted molar refractivity (Wildman–Crippen MR) is 144 cm³/mol. The van der Waals surface area contributed by atoms with Gasteiger partial charge >= 0.3 is 0 Å². The van der Waals surface area contributed by atoms with Crippen LogP contribution in [-0.2, 0) is 6.42 Å². The van der Waals surface area contributed by atoms with Crippen molar-refractivity contribution in [3.63, 3.8) is 0 Å². The Hall–Kier alpha value is -3.88. The lowest BCUT2D eigenvalue weighted by atomic mass is 9.97. The molecular formula is C31H25NS. The first-order chi connectivity index (χ1) is 16.4.